The molecule has 0 spiro atoms. The Bertz CT molecular complexity index is 671. The number of aromatic nitrogens is 1. The Kier molecular flexibility index (Phi) is 4.54. The minimum absolute atomic E-state index is 0.0419. The van der Waals surface area contributed by atoms with Gasteiger partial charge in [0.25, 0.3) is 10.0 Å². The third kappa shape index (κ3) is 3.43. The molecule has 0 bridgehead atoms. The molecular weight excluding hydrogens is 296 g/mol. The number of aryl methyl sites for hydroxylation is 2. The lowest BCUT2D eigenvalue weighted by molar-refractivity contribution is 0.281. The molecule has 0 saturated carbocycles. The third-order valence-corrected chi connectivity index (χ3v) is 5.38. The van der Waals surface area contributed by atoms with E-state index in [4.69, 9.17) is 5.11 Å². The molecule has 0 radical (unpaired) electrons. The average molecular weight is 312 g/mol. The molecular formula is C13H16N2O3S2. The monoisotopic (exact) mass is 312 g/mol. The standard InChI is InChI=1S/C13H16N2O3S2/c1-9-5-12(19-10(9)2)7-15-20(17,18)13-4-3-11(8-16)6-14-13/h3-6,15-16H,7-8H2,1-2H3. The van der Waals surface area contributed by atoms with E-state index < -0.39 is 10.0 Å². The van der Waals surface area contributed by atoms with E-state index in [0.29, 0.717) is 5.56 Å². The van der Waals surface area contributed by atoms with Crippen LogP contribution < -0.4 is 4.72 Å². The lowest BCUT2D eigenvalue weighted by Crippen LogP contribution is -2.23. The van der Waals surface area contributed by atoms with Crippen LogP contribution in [0.3, 0.4) is 0 Å². The Morgan fingerprint density at radius 1 is 1.35 bits per heavy atom. The van der Waals surface area contributed by atoms with Crippen LogP contribution in [0.15, 0.2) is 29.4 Å². The molecule has 2 aromatic rings. The molecule has 0 atom stereocenters. The molecule has 2 N–H and O–H groups in total. The van der Waals surface area contributed by atoms with Gasteiger partial charge < -0.3 is 5.11 Å². The number of aliphatic hydroxyl groups is 1. The highest BCUT2D eigenvalue weighted by Gasteiger charge is 2.15. The van der Waals surface area contributed by atoms with Gasteiger partial charge in [0.2, 0.25) is 0 Å². The molecule has 0 aliphatic rings. The summed E-state index contributed by atoms with van der Waals surface area (Å²) in [6, 6.07) is 4.91. The maximum atomic E-state index is 12.1. The predicted molar refractivity (Wildman–Crippen MR) is 78.0 cm³/mol. The van der Waals surface area contributed by atoms with Crippen molar-refractivity contribution in [2.75, 3.05) is 0 Å². The summed E-state index contributed by atoms with van der Waals surface area (Å²) >= 11 is 1.58. The van der Waals surface area contributed by atoms with Gasteiger partial charge >= 0.3 is 0 Å². The molecule has 0 unspecified atom stereocenters. The van der Waals surface area contributed by atoms with Crippen LogP contribution in [0, 0.1) is 13.8 Å². The van der Waals surface area contributed by atoms with Gasteiger partial charge in [-0.1, -0.05) is 6.07 Å². The summed E-state index contributed by atoms with van der Waals surface area (Å²) in [5.41, 5.74) is 1.74. The normalized spacial score (nSPS) is 11.8. The molecule has 5 nitrogen and oxygen atoms in total. The molecule has 0 amide bonds. The van der Waals surface area contributed by atoms with Gasteiger partial charge in [-0.05, 0) is 37.1 Å². The molecule has 108 valence electrons. The molecule has 20 heavy (non-hydrogen) atoms. The number of nitrogens with zero attached hydrogens (tertiary/aromatic N) is 1. The minimum atomic E-state index is -3.62. The summed E-state index contributed by atoms with van der Waals surface area (Å²) in [5.74, 6) is 0. The number of thiophene rings is 1. The van der Waals surface area contributed by atoms with E-state index in [1.165, 1.54) is 17.1 Å². The molecule has 0 aromatic carbocycles. The lowest BCUT2D eigenvalue weighted by Gasteiger charge is -2.05. The number of hydrogen-bond acceptors (Lipinski definition) is 5. The fourth-order valence-electron chi connectivity index (χ4n) is 1.64. The van der Waals surface area contributed by atoms with E-state index >= 15 is 0 Å². The van der Waals surface area contributed by atoms with Crippen molar-refractivity contribution in [2.45, 2.75) is 32.0 Å². The maximum absolute atomic E-state index is 12.1. The Hall–Kier alpha value is -1.28. The zero-order valence-corrected chi connectivity index (χ0v) is 12.9. The fourth-order valence-corrected chi connectivity index (χ4v) is 3.66. The summed E-state index contributed by atoms with van der Waals surface area (Å²) in [6.45, 7) is 4.10. The number of rotatable bonds is 5. The van der Waals surface area contributed by atoms with E-state index in [1.54, 1.807) is 17.4 Å². The quantitative estimate of drug-likeness (QED) is 0.881. The first-order valence-electron chi connectivity index (χ1n) is 6.04. The van der Waals surface area contributed by atoms with Crippen LogP contribution in [0.25, 0.3) is 0 Å². The number of hydrogen-bond donors (Lipinski definition) is 2. The first kappa shape index (κ1) is 15.1. The van der Waals surface area contributed by atoms with Gasteiger partial charge in [-0.3, -0.25) is 0 Å². The van der Waals surface area contributed by atoms with Crippen LogP contribution in [0.2, 0.25) is 0 Å². The SMILES string of the molecule is Cc1cc(CNS(=O)(=O)c2ccc(CO)cn2)sc1C. The summed E-state index contributed by atoms with van der Waals surface area (Å²) in [5, 5.41) is 8.87. The molecule has 0 saturated heterocycles. The topological polar surface area (TPSA) is 79.3 Å². The lowest BCUT2D eigenvalue weighted by atomic mass is 10.3. The average Bonchev–Trinajstić information content (AvgIpc) is 2.76. The van der Waals surface area contributed by atoms with Gasteiger partial charge in [0.1, 0.15) is 0 Å². The largest absolute Gasteiger partial charge is 0.392 e. The van der Waals surface area contributed by atoms with Crippen LogP contribution >= 0.6 is 11.3 Å². The second-order valence-corrected chi connectivity index (χ2v) is 7.49. The number of pyridine rings is 1. The van der Waals surface area contributed by atoms with Gasteiger partial charge in [-0.2, -0.15) is 0 Å². The second-order valence-electron chi connectivity index (χ2n) is 4.44. The van der Waals surface area contributed by atoms with Crippen molar-refractivity contribution in [3.63, 3.8) is 0 Å². The summed E-state index contributed by atoms with van der Waals surface area (Å²) in [4.78, 5) is 6.00. The molecule has 2 heterocycles. The first-order chi connectivity index (χ1) is 9.42. The van der Waals surface area contributed by atoms with E-state index in [2.05, 4.69) is 9.71 Å². The smallest absolute Gasteiger partial charge is 0.258 e. The van der Waals surface area contributed by atoms with Gasteiger partial charge in [0.05, 0.1) is 6.61 Å². The van der Waals surface area contributed by atoms with E-state index in [9.17, 15) is 8.42 Å². The number of nitrogens with one attached hydrogen (secondary N) is 1. The third-order valence-electron chi connectivity index (χ3n) is 2.91. The fraction of sp³-hybridized carbons (Fsp3) is 0.308. The van der Waals surface area contributed by atoms with Crippen molar-refractivity contribution in [2.24, 2.45) is 0 Å². The molecule has 0 aliphatic carbocycles. The Labute approximate surface area is 122 Å². The summed E-state index contributed by atoms with van der Waals surface area (Å²) in [6.07, 6.45) is 1.36. The Balaban J connectivity index is 2.10. The molecule has 7 heteroatoms. The highest BCUT2D eigenvalue weighted by Crippen LogP contribution is 2.20. The van der Waals surface area contributed by atoms with E-state index in [0.717, 1.165) is 10.4 Å². The van der Waals surface area contributed by atoms with Crippen LogP contribution in [0.1, 0.15) is 20.9 Å². The van der Waals surface area contributed by atoms with Crippen molar-refractivity contribution in [1.82, 2.24) is 9.71 Å². The van der Waals surface area contributed by atoms with Gasteiger partial charge in [0.15, 0.2) is 5.03 Å². The molecule has 2 aromatic heterocycles. The zero-order chi connectivity index (χ0) is 14.8. The molecule has 0 aliphatic heterocycles. The van der Waals surface area contributed by atoms with Crippen molar-refractivity contribution >= 4 is 21.4 Å². The maximum Gasteiger partial charge on any atom is 0.258 e. The highest BCUT2D eigenvalue weighted by molar-refractivity contribution is 7.89. The number of aliphatic hydroxyl groups excluding tert-OH is 1. The minimum Gasteiger partial charge on any atom is -0.392 e. The van der Waals surface area contributed by atoms with Crippen molar-refractivity contribution < 1.29 is 13.5 Å². The predicted octanol–water partition coefficient (Wildman–Crippen LogP) is 1.73. The second kappa shape index (κ2) is 6.01. The van der Waals surface area contributed by atoms with Gasteiger partial charge in [0, 0.05) is 22.5 Å². The Morgan fingerprint density at radius 2 is 2.10 bits per heavy atom. The van der Waals surface area contributed by atoms with E-state index in [-0.39, 0.29) is 18.2 Å². The molecule has 0 fully saturated rings. The Morgan fingerprint density at radius 3 is 2.60 bits per heavy atom. The van der Waals surface area contributed by atoms with Crippen LogP contribution in [-0.2, 0) is 23.2 Å². The highest BCUT2D eigenvalue weighted by atomic mass is 32.2. The summed E-state index contributed by atoms with van der Waals surface area (Å²) < 4.78 is 26.7. The van der Waals surface area contributed by atoms with Crippen LogP contribution in [0.4, 0.5) is 0 Å². The van der Waals surface area contributed by atoms with E-state index in [1.807, 2.05) is 19.9 Å². The van der Waals surface area contributed by atoms with Gasteiger partial charge in [-0.25, -0.2) is 18.1 Å². The van der Waals surface area contributed by atoms with Crippen molar-refractivity contribution in [3.05, 3.63) is 45.3 Å². The van der Waals surface area contributed by atoms with Crippen molar-refractivity contribution in [1.29, 1.82) is 0 Å². The number of sulfonamides is 1. The van der Waals surface area contributed by atoms with Crippen LogP contribution in [0.5, 0.6) is 0 Å². The zero-order valence-electron chi connectivity index (χ0n) is 11.3. The van der Waals surface area contributed by atoms with Crippen molar-refractivity contribution in [3.8, 4) is 0 Å². The first-order valence-corrected chi connectivity index (χ1v) is 8.33. The van der Waals surface area contributed by atoms with Gasteiger partial charge in [-0.15, -0.1) is 11.3 Å². The summed E-state index contributed by atoms with van der Waals surface area (Å²) in [7, 11) is -3.62. The van der Waals surface area contributed by atoms with Crippen LogP contribution in [-0.4, -0.2) is 18.5 Å². The molecule has 2 rings (SSSR count).